The summed E-state index contributed by atoms with van der Waals surface area (Å²) in [6.07, 6.45) is -5.27. The monoisotopic (exact) mass is 284 g/mol. The predicted octanol–water partition coefficient (Wildman–Crippen LogP) is 2.40. The van der Waals surface area contributed by atoms with E-state index in [1.54, 1.807) is 0 Å². The van der Waals surface area contributed by atoms with E-state index in [1.807, 2.05) is 6.07 Å². The average molecular weight is 284 g/mol. The molecule has 0 spiro atoms. The zero-order valence-corrected chi connectivity index (χ0v) is 10.3. The van der Waals surface area contributed by atoms with Crippen LogP contribution in [-0.2, 0) is 4.79 Å². The molecule has 4 nitrogen and oxygen atoms in total. The summed E-state index contributed by atoms with van der Waals surface area (Å²) in [5.41, 5.74) is -1.84. The summed E-state index contributed by atoms with van der Waals surface area (Å²) >= 11 is 0. The minimum atomic E-state index is -4.79. The van der Waals surface area contributed by atoms with Crippen LogP contribution in [0.2, 0.25) is 0 Å². The van der Waals surface area contributed by atoms with Crippen molar-refractivity contribution in [2.45, 2.75) is 12.6 Å². The zero-order valence-electron chi connectivity index (χ0n) is 10.3. The molecule has 1 heterocycles. The van der Waals surface area contributed by atoms with Crippen LogP contribution >= 0.6 is 0 Å². The van der Waals surface area contributed by atoms with E-state index in [2.05, 4.69) is 0 Å². The normalized spacial score (nSPS) is 22.6. The van der Waals surface area contributed by atoms with Gasteiger partial charge in [-0.25, -0.2) is 0 Å². The number of alkyl halides is 3. The number of benzene rings is 1. The van der Waals surface area contributed by atoms with Gasteiger partial charge in [0.15, 0.2) is 5.41 Å². The number of rotatable bonds is 2. The molecular formula is C13H11F3N2O2. The summed E-state index contributed by atoms with van der Waals surface area (Å²) in [7, 11) is 0. The first-order chi connectivity index (χ1) is 9.30. The van der Waals surface area contributed by atoms with Crippen molar-refractivity contribution in [3.05, 3.63) is 29.8 Å². The van der Waals surface area contributed by atoms with Crippen molar-refractivity contribution >= 4 is 11.7 Å². The molecule has 1 aliphatic heterocycles. The Balaban J connectivity index is 2.26. The SMILES string of the molecule is N#Cc1ccc(N2CCC(C(=O)O)(C(F)(F)F)C2)cc1. The molecule has 1 atom stereocenters. The first kappa shape index (κ1) is 14.2. The van der Waals surface area contributed by atoms with Crippen LogP contribution in [0.25, 0.3) is 0 Å². The van der Waals surface area contributed by atoms with Crippen LogP contribution in [0.15, 0.2) is 24.3 Å². The summed E-state index contributed by atoms with van der Waals surface area (Å²) < 4.78 is 39.1. The highest BCUT2D eigenvalue weighted by Crippen LogP contribution is 2.46. The van der Waals surface area contributed by atoms with Gasteiger partial charge in [0.05, 0.1) is 11.6 Å². The molecule has 0 aliphatic carbocycles. The van der Waals surface area contributed by atoms with E-state index in [1.165, 1.54) is 29.2 Å². The summed E-state index contributed by atoms with van der Waals surface area (Å²) in [4.78, 5) is 12.4. The van der Waals surface area contributed by atoms with Gasteiger partial charge in [-0.15, -0.1) is 0 Å². The van der Waals surface area contributed by atoms with Gasteiger partial charge in [-0.3, -0.25) is 4.79 Å². The third kappa shape index (κ3) is 2.18. The average Bonchev–Trinajstić information content (AvgIpc) is 2.85. The number of aliphatic carboxylic acids is 1. The molecule has 1 aromatic carbocycles. The van der Waals surface area contributed by atoms with Gasteiger partial charge in [-0.1, -0.05) is 0 Å². The molecule has 1 aromatic rings. The van der Waals surface area contributed by atoms with Crippen LogP contribution in [0.4, 0.5) is 18.9 Å². The second kappa shape index (κ2) is 4.71. The van der Waals surface area contributed by atoms with E-state index in [4.69, 9.17) is 10.4 Å². The largest absolute Gasteiger partial charge is 0.481 e. The molecule has 0 radical (unpaired) electrons. The van der Waals surface area contributed by atoms with Gasteiger partial charge in [0.25, 0.3) is 0 Å². The second-order valence-electron chi connectivity index (χ2n) is 4.72. The quantitative estimate of drug-likeness (QED) is 0.905. The zero-order chi connectivity index (χ0) is 15.0. The molecule has 106 valence electrons. The summed E-state index contributed by atoms with van der Waals surface area (Å²) in [6.45, 7) is -0.602. The fraction of sp³-hybridized carbons (Fsp3) is 0.385. The molecule has 1 unspecified atom stereocenters. The van der Waals surface area contributed by atoms with Gasteiger partial charge in [0.1, 0.15) is 0 Å². The lowest BCUT2D eigenvalue weighted by Crippen LogP contribution is -2.47. The summed E-state index contributed by atoms with van der Waals surface area (Å²) in [5, 5.41) is 17.6. The van der Waals surface area contributed by atoms with E-state index >= 15 is 0 Å². The van der Waals surface area contributed by atoms with Crippen LogP contribution in [-0.4, -0.2) is 30.3 Å². The smallest absolute Gasteiger partial charge is 0.406 e. The lowest BCUT2D eigenvalue weighted by atomic mass is 9.86. The number of hydrogen-bond donors (Lipinski definition) is 1. The first-order valence-electron chi connectivity index (χ1n) is 5.85. The number of anilines is 1. The minimum Gasteiger partial charge on any atom is -0.481 e. The molecule has 20 heavy (non-hydrogen) atoms. The van der Waals surface area contributed by atoms with Crippen molar-refractivity contribution in [3.63, 3.8) is 0 Å². The number of nitrogens with zero attached hydrogens (tertiary/aromatic N) is 2. The molecule has 1 fully saturated rings. The maximum atomic E-state index is 13.0. The van der Waals surface area contributed by atoms with E-state index in [9.17, 15) is 18.0 Å². The van der Waals surface area contributed by atoms with Crippen molar-refractivity contribution < 1.29 is 23.1 Å². The Kier molecular flexibility index (Phi) is 3.34. The maximum absolute atomic E-state index is 13.0. The van der Waals surface area contributed by atoms with E-state index in [0.29, 0.717) is 11.3 Å². The summed E-state index contributed by atoms with van der Waals surface area (Å²) in [5.74, 6) is -1.85. The van der Waals surface area contributed by atoms with Crippen LogP contribution in [0.3, 0.4) is 0 Å². The first-order valence-corrected chi connectivity index (χ1v) is 5.85. The topological polar surface area (TPSA) is 64.3 Å². The lowest BCUT2D eigenvalue weighted by Gasteiger charge is -2.27. The van der Waals surface area contributed by atoms with Crippen LogP contribution in [0, 0.1) is 16.7 Å². The Labute approximate surface area is 113 Å². The van der Waals surface area contributed by atoms with E-state index in [0.717, 1.165) is 0 Å². The Morgan fingerprint density at radius 2 is 1.95 bits per heavy atom. The number of carboxylic acid groups (broad SMARTS) is 1. The maximum Gasteiger partial charge on any atom is 0.406 e. The molecule has 1 N–H and O–H groups in total. The summed E-state index contributed by atoms with van der Waals surface area (Å²) in [6, 6.07) is 7.93. The van der Waals surface area contributed by atoms with Gasteiger partial charge < -0.3 is 10.0 Å². The van der Waals surface area contributed by atoms with Gasteiger partial charge in [-0.2, -0.15) is 18.4 Å². The third-order valence-corrected chi connectivity index (χ3v) is 3.58. The molecule has 0 saturated carbocycles. The van der Waals surface area contributed by atoms with Crippen LogP contribution < -0.4 is 4.90 Å². The fourth-order valence-electron chi connectivity index (χ4n) is 2.30. The Morgan fingerprint density at radius 3 is 2.35 bits per heavy atom. The van der Waals surface area contributed by atoms with E-state index in [-0.39, 0.29) is 6.54 Å². The standard InChI is InChI=1S/C13H11F3N2O2/c14-13(15,16)12(11(19)20)5-6-18(8-12)10-3-1-9(7-17)2-4-10/h1-4H,5-6,8H2,(H,19,20). The number of nitriles is 1. The second-order valence-corrected chi connectivity index (χ2v) is 4.72. The van der Waals surface area contributed by atoms with Crippen molar-refractivity contribution in [1.82, 2.24) is 0 Å². The molecule has 0 bridgehead atoms. The van der Waals surface area contributed by atoms with Crippen molar-refractivity contribution in [3.8, 4) is 6.07 Å². The molecule has 0 aromatic heterocycles. The number of carboxylic acids is 1. The molecular weight excluding hydrogens is 273 g/mol. The van der Waals surface area contributed by atoms with Crippen molar-refractivity contribution in [2.24, 2.45) is 5.41 Å². The molecule has 1 saturated heterocycles. The van der Waals surface area contributed by atoms with Crippen molar-refractivity contribution in [2.75, 3.05) is 18.0 Å². The predicted molar refractivity (Wildman–Crippen MR) is 64.1 cm³/mol. The van der Waals surface area contributed by atoms with Gasteiger partial charge in [-0.05, 0) is 30.7 Å². The fourth-order valence-corrected chi connectivity index (χ4v) is 2.30. The van der Waals surface area contributed by atoms with Crippen LogP contribution in [0.1, 0.15) is 12.0 Å². The highest BCUT2D eigenvalue weighted by atomic mass is 19.4. The molecule has 1 aliphatic rings. The Hall–Kier alpha value is -2.23. The molecule has 7 heteroatoms. The molecule has 2 rings (SSSR count). The van der Waals surface area contributed by atoms with Crippen molar-refractivity contribution in [1.29, 1.82) is 5.26 Å². The lowest BCUT2D eigenvalue weighted by molar-refractivity contribution is -0.225. The highest BCUT2D eigenvalue weighted by molar-refractivity contribution is 5.78. The molecule has 0 amide bonds. The third-order valence-electron chi connectivity index (χ3n) is 3.58. The van der Waals surface area contributed by atoms with Gasteiger partial charge >= 0.3 is 12.1 Å². The number of halogens is 3. The minimum absolute atomic E-state index is 0.0116. The van der Waals surface area contributed by atoms with Gasteiger partial charge in [0, 0.05) is 18.8 Å². The van der Waals surface area contributed by atoms with Gasteiger partial charge in [0.2, 0.25) is 0 Å². The number of hydrogen-bond acceptors (Lipinski definition) is 3. The van der Waals surface area contributed by atoms with Crippen LogP contribution in [0.5, 0.6) is 0 Å². The number of carbonyl (C=O) groups is 1. The Morgan fingerprint density at radius 1 is 1.35 bits per heavy atom. The van der Waals surface area contributed by atoms with E-state index < -0.39 is 30.5 Å². The highest BCUT2D eigenvalue weighted by Gasteiger charge is 2.63. The Bertz CT molecular complexity index is 562.